The second-order valence-corrected chi connectivity index (χ2v) is 6.15. The normalized spacial score (nSPS) is 11.7. The van der Waals surface area contributed by atoms with Gasteiger partial charge < -0.3 is 14.5 Å². The van der Waals surface area contributed by atoms with E-state index in [-0.39, 0.29) is 28.5 Å². The number of hydrogen-bond donors (Lipinski definition) is 3. The minimum absolute atomic E-state index is 0.0546. The van der Waals surface area contributed by atoms with Crippen LogP contribution in [-0.4, -0.2) is 36.0 Å². The standard InChI is InChI=1S/C12H15N3O5S/c1-7-10(12(16)17)11(8(2)20-7)21(18,19)15-4-3-9-5-13-6-14-9/h5-6,15H,3-4H2,1-2H3,(H,13,14)(H,16,17). The molecule has 0 aliphatic heterocycles. The van der Waals surface area contributed by atoms with E-state index >= 15 is 0 Å². The van der Waals surface area contributed by atoms with Gasteiger partial charge >= 0.3 is 5.97 Å². The van der Waals surface area contributed by atoms with E-state index in [1.807, 2.05) is 0 Å². The zero-order valence-electron chi connectivity index (χ0n) is 11.5. The average Bonchev–Trinajstić information content (AvgIpc) is 2.96. The zero-order valence-corrected chi connectivity index (χ0v) is 12.3. The van der Waals surface area contributed by atoms with Crippen LogP contribution >= 0.6 is 0 Å². The Morgan fingerprint density at radius 2 is 2.14 bits per heavy atom. The van der Waals surface area contributed by atoms with Gasteiger partial charge in [-0.2, -0.15) is 0 Å². The van der Waals surface area contributed by atoms with Crippen LogP contribution in [0, 0.1) is 13.8 Å². The Morgan fingerprint density at radius 1 is 1.43 bits per heavy atom. The van der Waals surface area contributed by atoms with Gasteiger partial charge in [0.1, 0.15) is 22.0 Å². The van der Waals surface area contributed by atoms with Crippen molar-refractivity contribution in [3.05, 3.63) is 35.3 Å². The summed E-state index contributed by atoms with van der Waals surface area (Å²) >= 11 is 0. The van der Waals surface area contributed by atoms with Crippen LogP contribution in [0.5, 0.6) is 0 Å². The average molecular weight is 313 g/mol. The van der Waals surface area contributed by atoms with Crippen molar-refractivity contribution in [3.63, 3.8) is 0 Å². The number of aromatic nitrogens is 2. The molecular formula is C12H15N3O5S. The number of nitrogens with zero attached hydrogens (tertiary/aromatic N) is 1. The van der Waals surface area contributed by atoms with Crippen LogP contribution in [0.3, 0.4) is 0 Å². The number of aryl methyl sites for hydroxylation is 2. The molecule has 0 aliphatic carbocycles. The topological polar surface area (TPSA) is 125 Å². The maximum atomic E-state index is 12.3. The van der Waals surface area contributed by atoms with Gasteiger partial charge in [0.15, 0.2) is 0 Å². The number of nitrogens with one attached hydrogen (secondary N) is 2. The van der Waals surface area contributed by atoms with Gasteiger partial charge in [-0.05, 0) is 13.8 Å². The molecular weight excluding hydrogens is 298 g/mol. The Morgan fingerprint density at radius 3 is 2.71 bits per heavy atom. The molecule has 114 valence electrons. The van der Waals surface area contributed by atoms with Crippen LogP contribution in [0.4, 0.5) is 0 Å². The van der Waals surface area contributed by atoms with Crippen LogP contribution in [-0.2, 0) is 16.4 Å². The third-order valence-corrected chi connectivity index (χ3v) is 4.54. The first kappa shape index (κ1) is 15.3. The largest absolute Gasteiger partial charge is 0.478 e. The molecule has 0 bridgehead atoms. The predicted molar refractivity (Wildman–Crippen MR) is 72.6 cm³/mol. The van der Waals surface area contributed by atoms with Crippen LogP contribution in [0.15, 0.2) is 21.8 Å². The molecule has 9 heteroatoms. The van der Waals surface area contributed by atoms with Gasteiger partial charge in [0.2, 0.25) is 10.0 Å². The van der Waals surface area contributed by atoms with Crippen molar-refractivity contribution in [3.8, 4) is 0 Å². The molecule has 0 radical (unpaired) electrons. The smallest absolute Gasteiger partial charge is 0.340 e. The minimum atomic E-state index is -3.96. The molecule has 0 atom stereocenters. The number of carboxylic acids is 1. The lowest BCUT2D eigenvalue weighted by Gasteiger charge is -2.06. The summed E-state index contributed by atoms with van der Waals surface area (Å²) in [6.07, 6.45) is 3.50. The van der Waals surface area contributed by atoms with Gasteiger partial charge in [0.05, 0.1) is 6.33 Å². The fourth-order valence-electron chi connectivity index (χ4n) is 2.05. The summed E-state index contributed by atoms with van der Waals surface area (Å²) in [5.74, 6) is -1.22. The van der Waals surface area contributed by atoms with Gasteiger partial charge in [0, 0.05) is 24.9 Å². The van der Waals surface area contributed by atoms with Crippen molar-refractivity contribution in [2.24, 2.45) is 0 Å². The summed E-state index contributed by atoms with van der Waals surface area (Å²) in [7, 11) is -3.96. The van der Waals surface area contributed by atoms with E-state index in [4.69, 9.17) is 9.52 Å². The molecule has 2 heterocycles. The molecule has 0 aliphatic rings. The number of H-pyrrole nitrogens is 1. The number of hydrogen-bond acceptors (Lipinski definition) is 5. The Labute approximate surface area is 121 Å². The van der Waals surface area contributed by atoms with Crippen LogP contribution in [0.2, 0.25) is 0 Å². The molecule has 0 amide bonds. The Balaban J connectivity index is 2.21. The molecule has 2 rings (SSSR count). The Bertz CT molecular complexity index is 746. The number of furan rings is 1. The van der Waals surface area contributed by atoms with Gasteiger partial charge in [0.25, 0.3) is 0 Å². The Hall–Kier alpha value is -2.13. The van der Waals surface area contributed by atoms with Crippen molar-refractivity contribution in [2.75, 3.05) is 6.54 Å². The fourth-order valence-corrected chi connectivity index (χ4v) is 3.48. The van der Waals surface area contributed by atoms with E-state index in [2.05, 4.69) is 14.7 Å². The number of aromatic amines is 1. The number of imidazole rings is 1. The number of sulfonamides is 1. The highest BCUT2D eigenvalue weighted by Crippen LogP contribution is 2.26. The summed E-state index contributed by atoms with van der Waals surface area (Å²) in [4.78, 5) is 17.5. The quantitative estimate of drug-likeness (QED) is 0.725. The highest BCUT2D eigenvalue weighted by atomic mass is 32.2. The van der Waals surface area contributed by atoms with Crippen molar-refractivity contribution in [2.45, 2.75) is 25.2 Å². The molecule has 21 heavy (non-hydrogen) atoms. The van der Waals surface area contributed by atoms with Crippen LogP contribution in [0.1, 0.15) is 27.6 Å². The molecule has 0 aromatic carbocycles. The van der Waals surface area contributed by atoms with Gasteiger partial charge in [-0.3, -0.25) is 0 Å². The van der Waals surface area contributed by atoms with E-state index in [1.165, 1.54) is 20.2 Å². The maximum absolute atomic E-state index is 12.3. The molecule has 0 fully saturated rings. The monoisotopic (exact) mass is 313 g/mol. The Kier molecular flexibility index (Phi) is 4.14. The summed E-state index contributed by atoms with van der Waals surface area (Å²) in [6.45, 7) is 2.95. The molecule has 0 unspecified atom stereocenters. The zero-order chi connectivity index (χ0) is 15.6. The summed E-state index contributed by atoms with van der Waals surface area (Å²) in [6, 6.07) is 0. The van der Waals surface area contributed by atoms with E-state index in [0.717, 1.165) is 5.69 Å². The van der Waals surface area contributed by atoms with E-state index in [9.17, 15) is 13.2 Å². The predicted octanol–water partition coefficient (Wildman–Crippen LogP) is 0.839. The first-order valence-corrected chi connectivity index (χ1v) is 7.61. The molecule has 0 saturated heterocycles. The molecule has 8 nitrogen and oxygen atoms in total. The van der Waals surface area contributed by atoms with Crippen molar-refractivity contribution >= 4 is 16.0 Å². The highest BCUT2D eigenvalue weighted by molar-refractivity contribution is 7.89. The molecule has 2 aromatic heterocycles. The van der Waals surface area contributed by atoms with Crippen molar-refractivity contribution in [1.82, 2.24) is 14.7 Å². The van der Waals surface area contributed by atoms with Crippen molar-refractivity contribution < 1.29 is 22.7 Å². The lowest BCUT2D eigenvalue weighted by molar-refractivity contribution is 0.0691. The number of aromatic carboxylic acids is 1. The number of carbonyl (C=O) groups is 1. The van der Waals surface area contributed by atoms with E-state index in [1.54, 1.807) is 6.20 Å². The fraction of sp³-hybridized carbons (Fsp3) is 0.333. The van der Waals surface area contributed by atoms with E-state index < -0.39 is 16.0 Å². The SMILES string of the molecule is Cc1oc(C)c(S(=O)(=O)NCCc2cnc[nH]2)c1C(=O)O. The van der Waals surface area contributed by atoms with Gasteiger partial charge in [-0.15, -0.1) is 0 Å². The van der Waals surface area contributed by atoms with Crippen LogP contribution < -0.4 is 4.72 Å². The number of rotatable bonds is 6. The first-order chi connectivity index (χ1) is 9.83. The van der Waals surface area contributed by atoms with Crippen LogP contribution in [0.25, 0.3) is 0 Å². The minimum Gasteiger partial charge on any atom is -0.478 e. The summed E-state index contributed by atoms with van der Waals surface area (Å²) < 4.78 is 32.0. The maximum Gasteiger partial charge on any atom is 0.340 e. The molecule has 0 spiro atoms. The second kappa shape index (κ2) is 5.70. The summed E-state index contributed by atoms with van der Waals surface area (Å²) in [5.41, 5.74) is 0.442. The third-order valence-electron chi connectivity index (χ3n) is 2.93. The van der Waals surface area contributed by atoms with Gasteiger partial charge in [-0.1, -0.05) is 0 Å². The first-order valence-electron chi connectivity index (χ1n) is 6.13. The lowest BCUT2D eigenvalue weighted by Crippen LogP contribution is -2.27. The number of carboxylic acid groups (broad SMARTS) is 1. The van der Waals surface area contributed by atoms with E-state index in [0.29, 0.717) is 6.42 Å². The molecule has 2 aromatic rings. The third kappa shape index (κ3) is 3.14. The highest BCUT2D eigenvalue weighted by Gasteiger charge is 2.30. The van der Waals surface area contributed by atoms with Gasteiger partial charge in [-0.25, -0.2) is 22.9 Å². The van der Waals surface area contributed by atoms with Crippen molar-refractivity contribution in [1.29, 1.82) is 0 Å². The summed E-state index contributed by atoms with van der Waals surface area (Å²) in [5, 5.41) is 9.13. The second-order valence-electron chi connectivity index (χ2n) is 4.45. The molecule has 3 N–H and O–H groups in total. The molecule has 0 saturated carbocycles. The lowest BCUT2D eigenvalue weighted by atomic mass is 10.2.